The second kappa shape index (κ2) is 6.00. The third-order valence-corrected chi connectivity index (χ3v) is 3.19. The molecule has 2 atom stereocenters. The Kier molecular flexibility index (Phi) is 4.33. The standard InChI is InChI=1S/C12H17N3O5/c1-7-13-10(20-14-7)3-4-11(17)15-6-8(16)5-9(15)12(18)19-2/h8-9,16H,3-6H2,1-2H3. The molecule has 1 N–H and O–H groups in total. The quantitative estimate of drug-likeness (QED) is 0.738. The van der Waals surface area contributed by atoms with Crippen molar-refractivity contribution in [1.82, 2.24) is 15.0 Å². The van der Waals surface area contributed by atoms with Gasteiger partial charge in [0.2, 0.25) is 11.8 Å². The van der Waals surface area contributed by atoms with Crippen LogP contribution < -0.4 is 0 Å². The number of esters is 1. The van der Waals surface area contributed by atoms with Gasteiger partial charge in [0.15, 0.2) is 5.82 Å². The monoisotopic (exact) mass is 283 g/mol. The number of hydrogen-bond donors (Lipinski definition) is 1. The number of nitrogens with zero attached hydrogens (tertiary/aromatic N) is 3. The highest BCUT2D eigenvalue weighted by Gasteiger charge is 2.39. The molecule has 8 heteroatoms. The summed E-state index contributed by atoms with van der Waals surface area (Å²) in [6.45, 7) is 1.83. The highest BCUT2D eigenvalue weighted by atomic mass is 16.5. The largest absolute Gasteiger partial charge is 0.467 e. The molecule has 20 heavy (non-hydrogen) atoms. The van der Waals surface area contributed by atoms with Crippen molar-refractivity contribution in [2.24, 2.45) is 0 Å². The molecule has 8 nitrogen and oxygen atoms in total. The van der Waals surface area contributed by atoms with Crippen LogP contribution in [0.3, 0.4) is 0 Å². The summed E-state index contributed by atoms with van der Waals surface area (Å²) in [4.78, 5) is 29.1. The maximum Gasteiger partial charge on any atom is 0.328 e. The highest BCUT2D eigenvalue weighted by Crippen LogP contribution is 2.20. The van der Waals surface area contributed by atoms with Gasteiger partial charge in [0.05, 0.1) is 13.2 Å². The van der Waals surface area contributed by atoms with Crippen LogP contribution in [0.25, 0.3) is 0 Å². The molecule has 0 aliphatic carbocycles. The Hall–Kier alpha value is -1.96. The molecule has 0 radical (unpaired) electrons. The van der Waals surface area contributed by atoms with E-state index in [0.29, 0.717) is 18.1 Å². The molecule has 1 aromatic heterocycles. The molecule has 1 aromatic rings. The normalized spacial score (nSPS) is 22.1. The summed E-state index contributed by atoms with van der Waals surface area (Å²) in [6, 6.07) is -0.716. The molecule has 0 bridgehead atoms. The predicted octanol–water partition coefficient (Wildman–Crippen LogP) is -0.555. The van der Waals surface area contributed by atoms with Crippen molar-refractivity contribution in [2.75, 3.05) is 13.7 Å². The van der Waals surface area contributed by atoms with Crippen molar-refractivity contribution in [1.29, 1.82) is 0 Å². The van der Waals surface area contributed by atoms with Gasteiger partial charge < -0.3 is 19.3 Å². The zero-order valence-electron chi connectivity index (χ0n) is 11.4. The molecule has 1 aliphatic heterocycles. The number of aryl methyl sites for hydroxylation is 2. The van der Waals surface area contributed by atoms with Crippen molar-refractivity contribution in [3.8, 4) is 0 Å². The van der Waals surface area contributed by atoms with Crippen LogP contribution in [0.15, 0.2) is 4.52 Å². The summed E-state index contributed by atoms with van der Waals surface area (Å²) in [5.41, 5.74) is 0. The molecule has 1 amide bonds. The van der Waals surface area contributed by atoms with E-state index in [4.69, 9.17) is 4.52 Å². The van der Waals surface area contributed by atoms with E-state index in [1.54, 1.807) is 6.92 Å². The molecule has 1 saturated heterocycles. The Morgan fingerprint density at radius 1 is 1.55 bits per heavy atom. The van der Waals surface area contributed by atoms with Gasteiger partial charge in [-0.1, -0.05) is 5.16 Å². The number of carbonyl (C=O) groups is 2. The van der Waals surface area contributed by atoms with Crippen molar-refractivity contribution >= 4 is 11.9 Å². The first kappa shape index (κ1) is 14.4. The van der Waals surface area contributed by atoms with Gasteiger partial charge in [-0.25, -0.2) is 4.79 Å². The second-order valence-corrected chi connectivity index (χ2v) is 4.71. The van der Waals surface area contributed by atoms with Crippen LogP contribution in [0.2, 0.25) is 0 Å². The summed E-state index contributed by atoms with van der Waals surface area (Å²) in [5.74, 6) is 0.137. The summed E-state index contributed by atoms with van der Waals surface area (Å²) in [5, 5.41) is 13.2. The molecule has 0 saturated carbocycles. The summed E-state index contributed by atoms with van der Waals surface area (Å²) < 4.78 is 9.57. The zero-order valence-corrected chi connectivity index (χ0v) is 11.4. The van der Waals surface area contributed by atoms with Crippen LogP contribution >= 0.6 is 0 Å². The minimum absolute atomic E-state index is 0.140. The number of aromatic nitrogens is 2. The van der Waals surface area contributed by atoms with Crippen molar-refractivity contribution in [2.45, 2.75) is 38.3 Å². The van der Waals surface area contributed by atoms with Crippen molar-refractivity contribution in [3.63, 3.8) is 0 Å². The third kappa shape index (κ3) is 3.13. The smallest absolute Gasteiger partial charge is 0.328 e. The maximum absolute atomic E-state index is 12.1. The number of ether oxygens (including phenoxy) is 1. The third-order valence-electron chi connectivity index (χ3n) is 3.19. The number of likely N-dealkylation sites (tertiary alicyclic amines) is 1. The van der Waals surface area contributed by atoms with E-state index in [-0.39, 0.29) is 25.3 Å². The average molecular weight is 283 g/mol. The summed E-state index contributed by atoms with van der Waals surface area (Å²) >= 11 is 0. The number of aliphatic hydroxyl groups excluding tert-OH is 1. The van der Waals surface area contributed by atoms with E-state index >= 15 is 0 Å². The number of rotatable bonds is 4. The SMILES string of the molecule is COC(=O)C1CC(O)CN1C(=O)CCc1nc(C)no1. The molecule has 0 aromatic carbocycles. The van der Waals surface area contributed by atoms with Crippen LogP contribution in [-0.2, 0) is 20.7 Å². The average Bonchev–Trinajstić information content (AvgIpc) is 3.01. The molecular weight excluding hydrogens is 266 g/mol. The minimum atomic E-state index is -0.716. The van der Waals surface area contributed by atoms with E-state index in [0.717, 1.165) is 0 Å². The molecule has 2 unspecified atom stereocenters. The number of hydrogen-bond acceptors (Lipinski definition) is 7. The Morgan fingerprint density at radius 3 is 2.90 bits per heavy atom. The molecule has 2 heterocycles. The first-order valence-corrected chi connectivity index (χ1v) is 6.35. The Bertz CT molecular complexity index is 501. The van der Waals surface area contributed by atoms with Crippen molar-refractivity contribution in [3.05, 3.63) is 11.7 Å². The van der Waals surface area contributed by atoms with Gasteiger partial charge in [0, 0.05) is 25.8 Å². The van der Waals surface area contributed by atoms with E-state index in [1.165, 1.54) is 12.0 Å². The van der Waals surface area contributed by atoms with Gasteiger partial charge in [-0.2, -0.15) is 4.98 Å². The van der Waals surface area contributed by atoms with E-state index in [9.17, 15) is 14.7 Å². The number of amides is 1. The van der Waals surface area contributed by atoms with Crippen LogP contribution in [-0.4, -0.2) is 57.8 Å². The van der Waals surface area contributed by atoms with Gasteiger partial charge in [-0.3, -0.25) is 4.79 Å². The zero-order chi connectivity index (χ0) is 14.7. The maximum atomic E-state index is 12.1. The Morgan fingerprint density at radius 2 is 2.30 bits per heavy atom. The topological polar surface area (TPSA) is 106 Å². The fraction of sp³-hybridized carbons (Fsp3) is 0.667. The molecule has 1 aliphatic rings. The molecule has 2 rings (SSSR count). The molecular formula is C12H17N3O5. The van der Waals surface area contributed by atoms with E-state index < -0.39 is 18.1 Å². The van der Waals surface area contributed by atoms with E-state index in [2.05, 4.69) is 14.9 Å². The molecule has 110 valence electrons. The first-order chi connectivity index (χ1) is 9.51. The molecule has 0 spiro atoms. The van der Waals surface area contributed by atoms with Gasteiger partial charge in [-0.05, 0) is 6.92 Å². The Labute approximate surface area is 115 Å². The fourth-order valence-corrected chi connectivity index (χ4v) is 2.25. The Balaban J connectivity index is 1.95. The van der Waals surface area contributed by atoms with Crippen LogP contribution in [0, 0.1) is 6.92 Å². The predicted molar refractivity (Wildman–Crippen MR) is 65.5 cm³/mol. The lowest BCUT2D eigenvalue weighted by Gasteiger charge is -2.21. The lowest BCUT2D eigenvalue weighted by atomic mass is 10.2. The van der Waals surface area contributed by atoms with E-state index in [1.807, 2.05) is 0 Å². The fourth-order valence-electron chi connectivity index (χ4n) is 2.25. The number of methoxy groups -OCH3 is 1. The van der Waals surface area contributed by atoms with Crippen molar-refractivity contribution < 1.29 is 24.0 Å². The first-order valence-electron chi connectivity index (χ1n) is 6.35. The van der Waals surface area contributed by atoms with Gasteiger partial charge in [0.1, 0.15) is 6.04 Å². The number of aliphatic hydroxyl groups is 1. The van der Waals surface area contributed by atoms with Gasteiger partial charge >= 0.3 is 5.97 Å². The van der Waals surface area contributed by atoms with Crippen LogP contribution in [0.5, 0.6) is 0 Å². The van der Waals surface area contributed by atoms with Crippen LogP contribution in [0.1, 0.15) is 24.6 Å². The highest BCUT2D eigenvalue weighted by molar-refractivity contribution is 5.85. The lowest BCUT2D eigenvalue weighted by molar-refractivity contribution is -0.150. The molecule has 1 fully saturated rings. The van der Waals surface area contributed by atoms with Gasteiger partial charge in [-0.15, -0.1) is 0 Å². The lowest BCUT2D eigenvalue weighted by Crippen LogP contribution is -2.41. The minimum Gasteiger partial charge on any atom is -0.467 e. The second-order valence-electron chi connectivity index (χ2n) is 4.71. The summed E-state index contributed by atoms with van der Waals surface area (Å²) in [7, 11) is 1.26. The van der Waals surface area contributed by atoms with Crippen LogP contribution in [0.4, 0.5) is 0 Å². The summed E-state index contributed by atoms with van der Waals surface area (Å²) in [6.07, 6.45) is -0.0474. The van der Waals surface area contributed by atoms with Gasteiger partial charge in [0.25, 0.3) is 0 Å². The number of β-amino-alcohol motifs (C(OH)–C–C–N with tert-alkyl or cyclic N) is 1. The number of carbonyl (C=O) groups excluding carboxylic acids is 2.